The van der Waals surface area contributed by atoms with Crippen LogP contribution in [0.15, 0.2) is 53.4 Å². The summed E-state index contributed by atoms with van der Waals surface area (Å²) in [5.41, 5.74) is 2.61. The summed E-state index contributed by atoms with van der Waals surface area (Å²) in [6, 6.07) is 12.0. The summed E-state index contributed by atoms with van der Waals surface area (Å²) in [5, 5.41) is 9.40. The molecule has 0 fully saturated rings. The summed E-state index contributed by atoms with van der Waals surface area (Å²) in [5.74, 6) is -1.23. The van der Waals surface area contributed by atoms with Crippen LogP contribution in [0.3, 0.4) is 0 Å². The van der Waals surface area contributed by atoms with Gasteiger partial charge in [-0.15, -0.1) is 0 Å². The Balaban J connectivity index is 1.91. The van der Waals surface area contributed by atoms with E-state index < -0.39 is 22.0 Å². The molecular weight excluding hydrogens is 326 g/mol. The second kappa shape index (κ2) is 6.75. The molecule has 2 aromatic rings. The third-order valence-corrected chi connectivity index (χ3v) is 5.70. The smallest absolute Gasteiger partial charge is 0.326 e. The Labute approximate surface area is 141 Å². The maximum atomic E-state index is 12.6. The number of aryl methyl sites for hydroxylation is 2. The van der Waals surface area contributed by atoms with E-state index in [0.717, 1.165) is 31.2 Å². The third-order valence-electron chi connectivity index (χ3n) is 4.28. The molecule has 24 heavy (non-hydrogen) atoms. The Bertz CT molecular complexity index is 847. The van der Waals surface area contributed by atoms with Crippen LogP contribution in [-0.2, 0) is 27.7 Å². The first-order valence-electron chi connectivity index (χ1n) is 7.89. The molecule has 0 bridgehead atoms. The molecule has 0 radical (unpaired) electrons. The highest BCUT2D eigenvalue weighted by atomic mass is 32.2. The maximum absolute atomic E-state index is 12.6. The van der Waals surface area contributed by atoms with Crippen molar-refractivity contribution < 1.29 is 18.3 Å². The monoisotopic (exact) mass is 345 g/mol. The molecule has 1 aliphatic rings. The Hall–Kier alpha value is -2.18. The number of aliphatic carboxylic acids is 1. The van der Waals surface area contributed by atoms with E-state index in [9.17, 15) is 18.3 Å². The first-order chi connectivity index (χ1) is 11.5. The largest absolute Gasteiger partial charge is 0.480 e. The molecule has 0 saturated heterocycles. The first-order valence-corrected chi connectivity index (χ1v) is 9.37. The molecule has 0 aromatic heterocycles. The summed E-state index contributed by atoms with van der Waals surface area (Å²) >= 11 is 0. The van der Waals surface area contributed by atoms with Crippen molar-refractivity contribution in [2.45, 2.75) is 36.6 Å². The number of sulfonamides is 1. The molecule has 5 nitrogen and oxygen atoms in total. The van der Waals surface area contributed by atoms with Gasteiger partial charge >= 0.3 is 5.97 Å². The van der Waals surface area contributed by atoms with Gasteiger partial charge in [-0.3, -0.25) is 4.79 Å². The van der Waals surface area contributed by atoms with Crippen LogP contribution in [0.1, 0.15) is 35.6 Å². The van der Waals surface area contributed by atoms with Gasteiger partial charge < -0.3 is 5.11 Å². The predicted molar refractivity (Wildman–Crippen MR) is 90.2 cm³/mol. The number of hydrogen-bond acceptors (Lipinski definition) is 3. The van der Waals surface area contributed by atoms with Gasteiger partial charge in [-0.05, 0) is 54.5 Å². The van der Waals surface area contributed by atoms with Crippen LogP contribution in [0, 0.1) is 0 Å². The van der Waals surface area contributed by atoms with Gasteiger partial charge in [0.05, 0.1) is 4.90 Å². The molecule has 0 saturated carbocycles. The van der Waals surface area contributed by atoms with Gasteiger partial charge in [0.1, 0.15) is 6.04 Å². The molecule has 2 N–H and O–H groups in total. The van der Waals surface area contributed by atoms with Crippen molar-refractivity contribution in [1.82, 2.24) is 4.72 Å². The van der Waals surface area contributed by atoms with Crippen molar-refractivity contribution in [3.05, 3.63) is 65.2 Å². The minimum atomic E-state index is -3.92. The number of carboxylic acid groups (broad SMARTS) is 1. The minimum Gasteiger partial charge on any atom is -0.480 e. The summed E-state index contributed by atoms with van der Waals surface area (Å²) in [7, 11) is -3.92. The van der Waals surface area contributed by atoms with E-state index in [2.05, 4.69) is 4.72 Å². The van der Waals surface area contributed by atoms with Crippen molar-refractivity contribution in [3.63, 3.8) is 0 Å². The molecule has 2 aromatic carbocycles. The van der Waals surface area contributed by atoms with Crippen LogP contribution in [0.4, 0.5) is 0 Å². The molecule has 0 spiro atoms. The number of hydrogen-bond donors (Lipinski definition) is 2. The van der Waals surface area contributed by atoms with Crippen molar-refractivity contribution in [1.29, 1.82) is 0 Å². The SMILES string of the molecule is O=C(O)[C@@H](NS(=O)(=O)c1ccc2c(c1)CCCC2)c1ccccc1. The second-order valence-electron chi connectivity index (χ2n) is 5.94. The number of fused-ring (bicyclic) bond motifs is 1. The molecule has 0 amide bonds. The van der Waals surface area contributed by atoms with E-state index in [4.69, 9.17) is 0 Å². The molecule has 1 aliphatic carbocycles. The van der Waals surface area contributed by atoms with Crippen molar-refractivity contribution in [2.24, 2.45) is 0 Å². The summed E-state index contributed by atoms with van der Waals surface area (Å²) in [6.07, 6.45) is 3.99. The van der Waals surface area contributed by atoms with Crippen molar-refractivity contribution in [3.8, 4) is 0 Å². The highest BCUT2D eigenvalue weighted by Gasteiger charge is 2.27. The summed E-state index contributed by atoms with van der Waals surface area (Å²) < 4.78 is 27.6. The van der Waals surface area contributed by atoms with Crippen LogP contribution in [0.25, 0.3) is 0 Å². The molecule has 1 atom stereocenters. The number of nitrogens with one attached hydrogen (secondary N) is 1. The average molecular weight is 345 g/mol. The van der Waals surface area contributed by atoms with E-state index in [1.54, 1.807) is 42.5 Å². The minimum absolute atomic E-state index is 0.116. The fourth-order valence-electron chi connectivity index (χ4n) is 3.01. The Morgan fingerprint density at radius 2 is 1.67 bits per heavy atom. The van der Waals surface area contributed by atoms with Gasteiger partial charge in [-0.1, -0.05) is 36.4 Å². The van der Waals surface area contributed by atoms with Crippen LogP contribution in [0.2, 0.25) is 0 Å². The number of carboxylic acids is 1. The lowest BCUT2D eigenvalue weighted by molar-refractivity contribution is -0.139. The summed E-state index contributed by atoms with van der Waals surface area (Å²) in [6.45, 7) is 0. The van der Waals surface area contributed by atoms with Gasteiger partial charge in [0.15, 0.2) is 0 Å². The third kappa shape index (κ3) is 3.49. The second-order valence-corrected chi connectivity index (χ2v) is 7.65. The zero-order valence-corrected chi connectivity index (χ0v) is 13.9. The zero-order valence-electron chi connectivity index (χ0n) is 13.1. The number of rotatable bonds is 5. The first kappa shape index (κ1) is 16.7. The van der Waals surface area contributed by atoms with Crippen LogP contribution in [-0.4, -0.2) is 19.5 Å². The van der Waals surface area contributed by atoms with Gasteiger partial charge in [-0.25, -0.2) is 8.42 Å². The quantitative estimate of drug-likeness (QED) is 0.873. The fraction of sp³-hybridized carbons (Fsp3) is 0.278. The number of benzene rings is 2. The highest BCUT2D eigenvalue weighted by molar-refractivity contribution is 7.89. The average Bonchev–Trinajstić information content (AvgIpc) is 2.60. The van der Waals surface area contributed by atoms with Crippen LogP contribution in [0.5, 0.6) is 0 Å². The van der Waals surface area contributed by atoms with Gasteiger partial charge in [0.2, 0.25) is 10.0 Å². The topological polar surface area (TPSA) is 83.5 Å². The van der Waals surface area contributed by atoms with E-state index in [-0.39, 0.29) is 4.90 Å². The van der Waals surface area contributed by atoms with Crippen molar-refractivity contribution >= 4 is 16.0 Å². The van der Waals surface area contributed by atoms with Gasteiger partial charge in [0, 0.05) is 0 Å². The Morgan fingerprint density at radius 3 is 2.33 bits per heavy atom. The lowest BCUT2D eigenvalue weighted by Crippen LogP contribution is -2.33. The number of carbonyl (C=O) groups is 1. The maximum Gasteiger partial charge on any atom is 0.326 e. The van der Waals surface area contributed by atoms with Crippen LogP contribution >= 0.6 is 0 Å². The van der Waals surface area contributed by atoms with Gasteiger partial charge in [-0.2, -0.15) is 4.72 Å². The Morgan fingerprint density at radius 1 is 1.00 bits per heavy atom. The van der Waals surface area contributed by atoms with Crippen molar-refractivity contribution in [2.75, 3.05) is 0 Å². The van der Waals surface area contributed by atoms with Crippen LogP contribution < -0.4 is 4.72 Å². The van der Waals surface area contributed by atoms with E-state index in [1.165, 1.54) is 5.56 Å². The van der Waals surface area contributed by atoms with E-state index in [1.807, 2.05) is 6.07 Å². The molecule has 126 valence electrons. The van der Waals surface area contributed by atoms with Gasteiger partial charge in [0.25, 0.3) is 0 Å². The standard InChI is InChI=1S/C18H19NO4S/c20-18(21)17(14-7-2-1-3-8-14)19-24(22,23)16-11-10-13-6-4-5-9-15(13)12-16/h1-3,7-8,10-12,17,19H,4-6,9H2,(H,20,21)/t17-/m0/s1. The Kier molecular flexibility index (Phi) is 4.69. The molecule has 0 aliphatic heterocycles. The fourth-order valence-corrected chi connectivity index (χ4v) is 4.23. The molecule has 6 heteroatoms. The van der Waals surface area contributed by atoms with E-state index in [0.29, 0.717) is 5.56 Å². The molecular formula is C18H19NO4S. The molecule has 3 rings (SSSR count). The molecule has 0 unspecified atom stereocenters. The predicted octanol–water partition coefficient (Wildman–Crippen LogP) is 2.67. The normalized spacial score (nSPS) is 15.5. The van der Waals surface area contributed by atoms with E-state index >= 15 is 0 Å². The molecule has 0 heterocycles. The lowest BCUT2D eigenvalue weighted by Gasteiger charge is -2.18. The lowest BCUT2D eigenvalue weighted by atomic mass is 9.92. The highest BCUT2D eigenvalue weighted by Crippen LogP contribution is 2.25. The summed E-state index contributed by atoms with van der Waals surface area (Å²) in [4.78, 5) is 11.6. The zero-order chi connectivity index (χ0) is 17.2.